The molecule has 0 heterocycles. The quantitative estimate of drug-likeness (QED) is 0.244. The number of ether oxygens (including phenoxy) is 2. The van der Waals surface area contributed by atoms with Gasteiger partial charge >= 0.3 is 5.97 Å². The second kappa shape index (κ2) is 20.7. The largest absolute Gasteiger partial charge is 0.466 e. The lowest BCUT2D eigenvalue weighted by molar-refractivity contribution is -0.143. The van der Waals surface area contributed by atoms with Gasteiger partial charge in [-0.1, -0.05) is 70.6 Å². The topological polar surface area (TPSA) is 76.0 Å². The van der Waals surface area contributed by atoms with Crippen LogP contribution in [0.1, 0.15) is 96.8 Å². The zero-order valence-electron chi connectivity index (χ0n) is 16.9. The third-order valence-corrected chi connectivity index (χ3v) is 4.50. The number of carbonyl (C=O) groups is 1. The van der Waals surface area contributed by atoms with Crippen molar-refractivity contribution in [2.24, 2.45) is 0 Å². The van der Waals surface area contributed by atoms with Crippen molar-refractivity contribution in [1.82, 2.24) is 0 Å². The number of rotatable bonds is 20. The van der Waals surface area contributed by atoms with Gasteiger partial charge in [0.2, 0.25) is 0 Å². The van der Waals surface area contributed by atoms with Gasteiger partial charge < -0.3 is 19.7 Å². The highest BCUT2D eigenvalue weighted by atomic mass is 16.5. The highest BCUT2D eigenvalue weighted by Gasteiger charge is 2.01. The highest BCUT2D eigenvalue weighted by molar-refractivity contribution is 5.69. The average molecular weight is 375 g/mol. The van der Waals surface area contributed by atoms with E-state index < -0.39 is 6.10 Å². The van der Waals surface area contributed by atoms with Crippen LogP contribution in [-0.4, -0.2) is 48.7 Å². The maximum absolute atomic E-state index is 11.2. The van der Waals surface area contributed by atoms with Crippen LogP contribution in [0.15, 0.2) is 0 Å². The Labute approximate surface area is 160 Å². The summed E-state index contributed by atoms with van der Waals surface area (Å²) in [6.45, 7) is 3.03. The molecule has 156 valence electrons. The molecule has 0 radical (unpaired) electrons. The van der Waals surface area contributed by atoms with E-state index in [1.165, 1.54) is 64.2 Å². The van der Waals surface area contributed by atoms with Crippen molar-refractivity contribution in [3.63, 3.8) is 0 Å². The number of unbranched alkanes of at least 4 members (excludes halogenated alkanes) is 12. The summed E-state index contributed by atoms with van der Waals surface area (Å²) in [7, 11) is 0. The second-order valence-electron chi connectivity index (χ2n) is 7.06. The molecule has 0 aromatic rings. The van der Waals surface area contributed by atoms with Crippen molar-refractivity contribution in [2.45, 2.75) is 103 Å². The zero-order valence-corrected chi connectivity index (χ0v) is 16.9. The first kappa shape index (κ1) is 25.4. The smallest absolute Gasteiger partial charge is 0.305 e. The molecule has 0 aliphatic carbocycles. The van der Waals surface area contributed by atoms with Gasteiger partial charge in [0, 0.05) is 13.0 Å². The standard InChI is InChI=1S/C21H42O5/c1-2-26-21(24)16-14-12-10-8-6-4-3-5-7-9-11-13-15-17-25-19-20(23)18-22/h20,22-23H,2-19H2,1H3. The molecule has 0 bridgehead atoms. The van der Waals surface area contributed by atoms with E-state index in [-0.39, 0.29) is 19.2 Å². The molecule has 26 heavy (non-hydrogen) atoms. The minimum absolute atomic E-state index is 0.0551. The summed E-state index contributed by atoms with van der Waals surface area (Å²) >= 11 is 0. The summed E-state index contributed by atoms with van der Waals surface area (Å²) in [5.41, 5.74) is 0. The molecular formula is C21H42O5. The van der Waals surface area contributed by atoms with Crippen LogP contribution in [0.2, 0.25) is 0 Å². The lowest BCUT2D eigenvalue weighted by Gasteiger charge is -2.08. The Kier molecular flexibility index (Phi) is 20.1. The van der Waals surface area contributed by atoms with Gasteiger partial charge in [0.25, 0.3) is 0 Å². The van der Waals surface area contributed by atoms with Crippen LogP contribution in [0, 0.1) is 0 Å². The number of hydrogen-bond acceptors (Lipinski definition) is 5. The number of carbonyl (C=O) groups excluding carboxylic acids is 1. The van der Waals surface area contributed by atoms with E-state index >= 15 is 0 Å². The first-order valence-corrected chi connectivity index (χ1v) is 10.7. The van der Waals surface area contributed by atoms with Crippen LogP contribution in [-0.2, 0) is 14.3 Å². The van der Waals surface area contributed by atoms with Crippen molar-refractivity contribution in [1.29, 1.82) is 0 Å². The molecule has 0 aromatic heterocycles. The summed E-state index contributed by atoms with van der Waals surface area (Å²) in [5.74, 6) is -0.0551. The number of aliphatic hydroxyl groups is 2. The van der Waals surface area contributed by atoms with E-state index in [1.807, 2.05) is 6.92 Å². The first-order chi connectivity index (χ1) is 12.7. The average Bonchev–Trinajstić information content (AvgIpc) is 2.64. The summed E-state index contributed by atoms with van der Waals surface area (Å²) in [4.78, 5) is 11.2. The third-order valence-electron chi connectivity index (χ3n) is 4.50. The van der Waals surface area contributed by atoms with Gasteiger partial charge in [0.15, 0.2) is 0 Å². The van der Waals surface area contributed by atoms with E-state index in [2.05, 4.69) is 0 Å². The predicted octanol–water partition coefficient (Wildman–Crippen LogP) is 4.38. The zero-order chi connectivity index (χ0) is 19.3. The summed E-state index contributed by atoms with van der Waals surface area (Å²) in [6, 6.07) is 0. The van der Waals surface area contributed by atoms with Crippen molar-refractivity contribution in [2.75, 3.05) is 26.4 Å². The van der Waals surface area contributed by atoms with Crippen LogP contribution in [0.25, 0.3) is 0 Å². The van der Waals surface area contributed by atoms with E-state index in [0.717, 1.165) is 19.3 Å². The molecule has 0 aliphatic heterocycles. The third kappa shape index (κ3) is 19.7. The van der Waals surface area contributed by atoms with Crippen LogP contribution >= 0.6 is 0 Å². The Hall–Kier alpha value is -0.650. The van der Waals surface area contributed by atoms with Crippen LogP contribution in [0.3, 0.4) is 0 Å². The molecule has 1 unspecified atom stereocenters. The van der Waals surface area contributed by atoms with Crippen LogP contribution in [0.4, 0.5) is 0 Å². The molecule has 0 saturated carbocycles. The predicted molar refractivity (Wildman–Crippen MR) is 105 cm³/mol. The number of aliphatic hydroxyl groups excluding tert-OH is 2. The maximum Gasteiger partial charge on any atom is 0.305 e. The van der Waals surface area contributed by atoms with Crippen LogP contribution in [0.5, 0.6) is 0 Å². The molecule has 2 N–H and O–H groups in total. The van der Waals surface area contributed by atoms with Gasteiger partial charge in [-0.2, -0.15) is 0 Å². The monoisotopic (exact) mass is 374 g/mol. The van der Waals surface area contributed by atoms with Gasteiger partial charge in [-0.25, -0.2) is 0 Å². The lowest BCUT2D eigenvalue weighted by Crippen LogP contribution is -2.19. The Morgan fingerprint density at radius 3 is 1.73 bits per heavy atom. The molecule has 1 atom stereocenters. The molecule has 0 saturated heterocycles. The molecule has 0 spiro atoms. The maximum atomic E-state index is 11.2. The molecule has 5 heteroatoms. The molecule has 0 amide bonds. The van der Waals surface area contributed by atoms with Crippen molar-refractivity contribution < 1.29 is 24.5 Å². The normalized spacial score (nSPS) is 12.3. The Morgan fingerprint density at radius 1 is 0.808 bits per heavy atom. The van der Waals surface area contributed by atoms with E-state index in [9.17, 15) is 4.79 Å². The molecule has 5 nitrogen and oxygen atoms in total. The van der Waals surface area contributed by atoms with Gasteiger partial charge in [0.1, 0.15) is 6.10 Å². The highest BCUT2D eigenvalue weighted by Crippen LogP contribution is 2.13. The van der Waals surface area contributed by atoms with E-state index in [4.69, 9.17) is 19.7 Å². The van der Waals surface area contributed by atoms with Crippen LogP contribution < -0.4 is 0 Å². The molecule has 0 aliphatic rings. The Morgan fingerprint density at radius 2 is 1.27 bits per heavy atom. The second-order valence-corrected chi connectivity index (χ2v) is 7.06. The molecule has 0 aromatic carbocycles. The summed E-state index contributed by atoms with van der Waals surface area (Å²) in [5, 5.41) is 17.8. The fraction of sp³-hybridized carbons (Fsp3) is 0.952. The van der Waals surface area contributed by atoms with Gasteiger partial charge in [-0.3, -0.25) is 4.79 Å². The lowest BCUT2D eigenvalue weighted by atomic mass is 10.0. The SMILES string of the molecule is CCOC(=O)CCCCCCCCCCCCCCCOCC(O)CO. The fourth-order valence-corrected chi connectivity index (χ4v) is 2.92. The molecule has 0 rings (SSSR count). The molecular weight excluding hydrogens is 332 g/mol. The fourth-order valence-electron chi connectivity index (χ4n) is 2.92. The Balaban J connectivity index is 3.06. The minimum Gasteiger partial charge on any atom is -0.466 e. The summed E-state index contributed by atoms with van der Waals surface area (Å²) < 4.78 is 10.2. The number of esters is 1. The molecule has 0 fully saturated rings. The van der Waals surface area contributed by atoms with Gasteiger partial charge in [-0.05, 0) is 19.8 Å². The van der Waals surface area contributed by atoms with Gasteiger partial charge in [0.05, 0.1) is 19.8 Å². The van der Waals surface area contributed by atoms with E-state index in [1.54, 1.807) is 0 Å². The Bertz CT molecular complexity index is 296. The summed E-state index contributed by atoms with van der Waals surface area (Å²) in [6.07, 6.45) is 15.9. The van der Waals surface area contributed by atoms with Crippen molar-refractivity contribution in [3.8, 4) is 0 Å². The van der Waals surface area contributed by atoms with Gasteiger partial charge in [-0.15, -0.1) is 0 Å². The van der Waals surface area contributed by atoms with E-state index in [0.29, 0.717) is 19.6 Å². The number of hydrogen-bond donors (Lipinski definition) is 2. The first-order valence-electron chi connectivity index (χ1n) is 10.7. The van der Waals surface area contributed by atoms with Crippen molar-refractivity contribution in [3.05, 3.63) is 0 Å². The minimum atomic E-state index is -0.736. The van der Waals surface area contributed by atoms with Crippen molar-refractivity contribution >= 4 is 5.97 Å².